The molecule has 0 heterocycles. The number of hydrogen-bond donors (Lipinski definition) is 0. The quantitative estimate of drug-likeness (QED) is 0.0427. The van der Waals surface area contributed by atoms with Crippen molar-refractivity contribution in [1.29, 1.82) is 0 Å². The van der Waals surface area contributed by atoms with Crippen LogP contribution in [0.5, 0.6) is 0 Å². The Kier molecular flexibility index (Phi) is 41.0. The first-order valence-corrected chi connectivity index (χ1v) is 30.7. The molecule has 0 aromatic heterocycles. The average Bonchev–Trinajstić information content (AvgIpc) is 3.15. The van der Waals surface area contributed by atoms with Gasteiger partial charge in [0.1, 0.15) is 0 Å². The second kappa shape index (κ2) is 40.6. The Labute approximate surface area is 342 Å². The van der Waals surface area contributed by atoms with Gasteiger partial charge >= 0.3 is 0 Å². The van der Waals surface area contributed by atoms with Gasteiger partial charge in [-0.05, 0) is 5.04 Å². The van der Waals surface area contributed by atoms with E-state index in [0.717, 1.165) is 0 Å². The van der Waals surface area contributed by atoms with E-state index in [1.165, 1.54) is 225 Å². The Morgan fingerprint density at radius 3 is 0.811 bits per heavy atom. The fourth-order valence-electron chi connectivity index (χ4n) is 9.27. The lowest BCUT2D eigenvalue weighted by atomic mass is 10.0. The van der Waals surface area contributed by atoms with Gasteiger partial charge in [-0.15, -0.1) is 0 Å². The second-order valence-electron chi connectivity index (χ2n) is 19.4. The maximum Gasteiger partial charge on any atom is 0.0561 e. The fraction of sp³-hybridized carbons (Fsp3) is 1.00. The molecule has 0 rings (SSSR count). The molecule has 0 bridgehead atoms. The average molecular weight is 777 g/mol. The zero-order valence-electron chi connectivity index (χ0n) is 38.9. The van der Waals surface area contributed by atoms with Crippen LogP contribution in [0.2, 0.25) is 41.8 Å². The van der Waals surface area contributed by atoms with Crippen molar-refractivity contribution in [2.45, 2.75) is 327 Å². The van der Waals surface area contributed by atoms with Gasteiger partial charge in [-0.3, -0.25) is 0 Å². The van der Waals surface area contributed by atoms with E-state index >= 15 is 0 Å². The minimum absolute atomic E-state index is 0.108. The first kappa shape index (κ1) is 53.4. The van der Waals surface area contributed by atoms with Gasteiger partial charge in [0.05, 0.1) is 8.07 Å². The molecule has 1 unspecified atom stereocenters. The first-order chi connectivity index (χ1) is 25.9. The highest BCUT2D eigenvalue weighted by atomic mass is 28.3. The standard InChI is InChI=1S/C51H107Si2/c1-8-12-16-20-24-28-34-40-46-52(47-41-35-29-25-21-17-13-9-2)48-42-36-30-32-38-44-50-53(7,49-43-37-31-26-22-18-14-10-3)51(5,6)45-39-33-27-23-19-15-11-4/h8-50H2,1-7H3. The van der Waals surface area contributed by atoms with Crippen molar-refractivity contribution in [3.05, 3.63) is 0 Å². The van der Waals surface area contributed by atoms with E-state index in [0.29, 0.717) is 5.04 Å². The highest BCUT2D eigenvalue weighted by Crippen LogP contribution is 2.48. The summed E-state index contributed by atoms with van der Waals surface area (Å²) >= 11 is 0. The van der Waals surface area contributed by atoms with Crippen LogP contribution in [0.25, 0.3) is 0 Å². The van der Waals surface area contributed by atoms with Crippen molar-refractivity contribution >= 4 is 16.9 Å². The van der Waals surface area contributed by atoms with Gasteiger partial charge in [0.2, 0.25) is 0 Å². The zero-order chi connectivity index (χ0) is 39.0. The predicted octanol–water partition coefficient (Wildman–Crippen LogP) is 20.2. The minimum Gasteiger partial charge on any atom is -0.0688 e. The smallest absolute Gasteiger partial charge is 0.0561 e. The molecule has 1 radical (unpaired) electrons. The molecule has 0 fully saturated rings. The molecule has 0 saturated heterocycles. The van der Waals surface area contributed by atoms with Crippen LogP contribution >= 0.6 is 0 Å². The van der Waals surface area contributed by atoms with E-state index in [-0.39, 0.29) is 8.80 Å². The van der Waals surface area contributed by atoms with Gasteiger partial charge in [-0.2, -0.15) is 0 Å². The summed E-state index contributed by atoms with van der Waals surface area (Å²) in [6, 6.07) is 8.11. The summed E-state index contributed by atoms with van der Waals surface area (Å²) in [5.74, 6) is 0. The van der Waals surface area contributed by atoms with Crippen LogP contribution in [-0.2, 0) is 0 Å². The summed E-state index contributed by atoms with van der Waals surface area (Å²) < 4.78 is 0. The Balaban J connectivity index is 4.64. The highest BCUT2D eigenvalue weighted by Gasteiger charge is 2.41. The van der Waals surface area contributed by atoms with Crippen molar-refractivity contribution in [3.63, 3.8) is 0 Å². The van der Waals surface area contributed by atoms with Crippen LogP contribution in [0.15, 0.2) is 0 Å². The van der Waals surface area contributed by atoms with Gasteiger partial charge < -0.3 is 0 Å². The minimum atomic E-state index is -1.28. The monoisotopic (exact) mass is 776 g/mol. The summed E-state index contributed by atoms with van der Waals surface area (Å²) in [4.78, 5) is 0. The Hall–Kier alpha value is 0.434. The van der Waals surface area contributed by atoms with E-state index in [9.17, 15) is 0 Å². The van der Waals surface area contributed by atoms with Crippen molar-refractivity contribution in [3.8, 4) is 0 Å². The van der Waals surface area contributed by atoms with Crippen LogP contribution in [0.1, 0.15) is 286 Å². The van der Waals surface area contributed by atoms with Gasteiger partial charge in [0.25, 0.3) is 0 Å². The maximum atomic E-state index is 2.86. The third-order valence-corrected chi connectivity index (χ3v) is 23.5. The molecule has 0 aromatic carbocycles. The Bertz CT molecular complexity index is 668. The molecule has 0 saturated carbocycles. The van der Waals surface area contributed by atoms with E-state index < -0.39 is 8.07 Å². The van der Waals surface area contributed by atoms with Crippen LogP contribution in [-0.4, -0.2) is 16.9 Å². The van der Waals surface area contributed by atoms with Crippen LogP contribution < -0.4 is 0 Å². The Morgan fingerprint density at radius 2 is 0.528 bits per heavy atom. The van der Waals surface area contributed by atoms with E-state index in [2.05, 4.69) is 48.1 Å². The number of unbranched alkanes of at least 4 members (excludes halogenated alkanes) is 32. The molecular formula is C51H107Si2. The van der Waals surface area contributed by atoms with Gasteiger partial charge in [-0.25, -0.2) is 0 Å². The van der Waals surface area contributed by atoms with Crippen molar-refractivity contribution in [2.75, 3.05) is 0 Å². The third-order valence-electron chi connectivity index (χ3n) is 13.9. The van der Waals surface area contributed by atoms with Crippen molar-refractivity contribution in [1.82, 2.24) is 0 Å². The van der Waals surface area contributed by atoms with Crippen LogP contribution in [0, 0.1) is 0 Å². The lowest BCUT2D eigenvalue weighted by Crippen LogP contribution is -2.42. The van der Waals surface area contributed by atoms with Gasteiger partial charge in [-0.1, -0.05) is 322 Å². The summed E-state index contributed by atoms with van der Waals surface area (Å²) in [6.45, 7) is 17.7. The van der Waals surface area contributed by atoms with E-state index in [1.807, 2.05) is 0 Å². The summed E-state index contributed by atoms with van der Waals surface area (Å²) in [7, 11) is -1.39. The van der Waals surface area contributed by atoms with Crippen LogP contribution in [0.4, 0.5) is 0 Å². The summed E-state index contributed by atoms with van der Waals surface area (Å²) in [5, 5.41) is 0.611. The fourth-order valence-corrected chi connectivity index (χ4v) is 16.7. The molecule has 0 nitrogen and oxygen atoms in total. The summed E-state index contributed by atoms with van der Waals surface area (Å²) in [6.07, 6.45) is 56.4. The van der Waals surface area contributed by atoms with E-state index in [1.54, 1.807) is 49.5 Å². The molecule has 0 aliphatic heterocycles. The Morgan fingerprint density at radius 1 is 0.302 bits per heavy atom. The SMILES string of the molecule is CCCCCCCCCC[Si](CCCCCCCCCC)CCCCCCCC[Si](C)(CCCCCCCCCC)C(C)(C)CCCCCCCCC. The van der Waals surface area contributed by atoms with Crippen molar-refractivity contribution in [2.24, 2.45) is 0 Å². The lowest BCUT2D eigenvalue weighted by Gasteiger charge is -2.44. The van der Waals surface area contributed by atoms with Gasteiger partial charge in [0.15, 0.2) is 0 Å². The molecule has 319 valence electrons. The predicted molar refractivity (Wildman–Crippen MR) is 254 cm³/mol. The second-order valence-corrected chi connectivity index (χ2v) is 27.8. The van der Waals surface area contributed by atoms with E-state index in [4.69, 9.17) is 0 Å². The first-order valence-electron chi connectivity index (χ1n) is 25.7. The molecule has 0 aromatic rings. The topological polar surface area (TPSA) is 0 Å². The van der Waals surface area contributed by atoms with Crippen LogP contribution in [0.3, 0.4) is 0 Å². The highest BCUT2D eigenvalue weighted by molar-refractivity contribution is 6.81. The lowest BCUT2D eigenvalue weighted by molar-refractivity contribution is 0.501. The third kappa shape index (κ3) is 34.2. The normalized spacial score (nSPS) is 13.4. The molecule has 1 atom stereocenters. The maximum absolute atomic E-state index is 2.86. The molecule has 53 heavy (non-hydrogen) atoms. The van der Waals surface area contributed by atoms with Crippen molar-refractivity contribution < 1.29 is 0 Å². The molecule has 0 aliphatic carbocycles. The number of hydrogen-bond acceptors (Lipinski definition) is 0. The zero-order valence-corrected chi connectivity index (χ0v) is 40.9. The molecule has 0 amide bonds. The molecular weight excluding hydrogens is 669 g/mol. The molecule has 0 N–H and O–H groups in total. The molecule has 0 spiro atoms. The summed E-state index contributed by atoms with van der Waals surface area (Å²) in [5.41, 5.74) is 0. The largest absolute Gasteiger partial charge is 0.0688 e. The molecule has 0 aliphatic rings. The molecule has 2 heteroatoms. The number of rotatable bonds is 45. The van der Waals surface area contributed by atoms with Gasteiger partial charge in [0, 0.05) is 8.80 Å².